The summed E-state index contributed by atoms with van der Waals surface area (Å²) in [5, 5.41) is 3.39. The van der Waals surface area contributed by atoms with E-state index in [9.17, 15) is 0 Å². The summed E-state index contributed by atoms with van der Waals surface area (Å²) in [6.07, 6.45) is 0. The van der Waals surface area contributed by atoms with Crippen molar-refractivity contribution in [1.82, 2.24) is 14.5 Å². The number of imidazole rings is 1. The normalized spacial score (nSPS) is 11.3. The second-order valence-corrected chi connectivity index (χ2v) is 16.9. The molecule has 67 heavy (non-hydrogen) atoms. The monoisotopic (exact) mass is 853 g/mol. The van der Waals surface area contributed by atoms with E-state index in [1.807, 2.05) is 0 Å². The zero-order valence-corrected chi connectivity index (χ0v) is 36.7. The van der Waals surface area contributed by atoms with Crippen LogP contribution in [-0.4, -0.2) is 14.5 Å². The van der Waals surface area contributed by atoms with Crippen molar-refractivity contribution in [2.24, 2.45) is 0 Å². The molecule has 0 fully saturated rings. The standard InChI is InChI=1S/C64H43N3/c1-6-18-44(19-7-1)46-30-34-48(35-31-46)57-42-59-58(43-60(65-62(59)56-29-17-16-28-55(56)57)50-36-32-47(33-37-50)45-20-8-2-9-21-45)49-38-40-54(41-39-49)67-63(52-24-12-4-13-25-52)61(51-22-10-3-11-23-51)66-64(67)53-26-14-5-15-27-53/h1-43H. The maximum Gasteiger partial charge on any atom is 0.145 e. The van der Waals surface area contributed by atoms with Crippen molar-refractivity contribution in [3.05, 3.63) is 261 Å². The Balaban J connectivity index is 1.06. The van der Waals surface area contributed by atoms with Crippen LogP contribution >= 0.6 is 0 Å². The topological polar surface area (TPSA) is 30.7 Å². The van der Waals surface area contributed by atoms with Gasteiger partial charge >= 0.3 is 0 Å². The molecule has 314 valence electrons. The predicted molar refractivity (Wildman–Crippen MR) is 280 cm³/mol. The number of aromatic nitrogens is 3. The molecule has 2 aromatic heterocycles. The van der Waals surface area contributed by atoms with Crippen molar-refractivity contribution in [2.75, 3.05) is 0 Å². The minimum absolute atomic E-state index is 0.885. The van der Waals surface area contributed by atoms with E-state index < -0.39 is 0 Å². The molecule has 0 bridgehead atoms. The lowest BCUT2D eigenvalue weighted by molar-refractivity contribution is 1.07. The predicted octanol–water partition coefficient (Wildman–Crippen LogP) is 16.9. The quantitative estimate of drug-likeness (QED) is 0.135. The fourth-order valence-electron chi connectivity index (χ4n) is 9.52. The molecular weight excluding hydrogens is 811 g/mol. The molecule has 12 rings (SSSR count). The fourth-order valence-corrected chi connectivity index (χ4v) is 9.52. The molecule has 0 aliphatic rings. The molecule has 0 N–H and O–H groups in total. The van der Waals surface area contributed by atoms with Crippen LogP contribution in [0.5, 0.6) is 0 Å². The van der Waals surface area contributed by atoms with Gasteiger partial charge in [-0.2, -0.15) is 0 Å². The first kappa shape index (κ1) is 39.7. The van der Waals surface area contributed by atoms with Gasteiger partial charge < -0.3 is 0 Å². The maximum absolute atomic E-state index is 5.53. The lowest BCUT2D eigenvalue weighted by Crippen LogP contribution is -2.00. The van der Waals surface area contributed by atoms with Gasteiger partial charge in [0.1, 0.15) is 5.82 Å². The smallest absolute Gasteiger partial charge is 0.145 e. The van der Waals surface area contributed by atoms with Gasteiger partial charge in [-0.05, 0) is 74.2 Å². The Hall–Kier alpha value is -8.92. The van der Waals surface area contributed by atoms with Crippen LogP contribution in [-0.2, 0) is 0 Å². The lowest BCUT2D eigenvalue weighted by atomic mass is 9.90. The summed E-state index contributed by atoms with van der Waals surface area (Å²) in [4.78, 5) is 11.0. The molecule has 3 heteroatoms. The first-order chi connectivity index (χ1) is 33.2. The number of nitrogens with zero attached hydrogens (tertiary/aromatic N) is 3. The Kier molecular flexibility index (Phi) is 10.2. The number of fused-ring (bicyclic) bond motifs is 3. The second-order valence-electron chi connectivity index (χ2n) is 16.9. The van der Waals surface area contributed by atoms with Crippen molar-refractivity contribution in [3.63, 3.8) is 0 Å². The summed E-state index contributed by atoms with van der Waals surface area (Å²) >= 11 is 0. The Labute approximate surface area is 390 Å². The highest BCUT2D eigenvalue weighted by atomic mass is 15.1. The molecule has 0 amide bonds. The highest BCUT2D eigenvalue weighted by Gasteiger charge is 2.23. The molecule has 0 aliphatic carbocycles. The van der Waals surface area contributed by atoms with Crippen molar-refractivity contribution in [1.29, 1.82) is 0 Å². The summed E-state index contributed by atoms with van der Waals surface area (Å²) in [6, 6.07) is 92.9. The van der Waals surface area contributed by atoms with Crippen LogP contribution in [0.15, 0.2) is 261 Å². The van der Waals surface area contributed by atoms with Gasteiger partial charge in [0, 0.05) is 38.7 Å². The van der Waals surface area contributed by atoms with Crippen molar-refractivity contribution in [3.8, 4) is 95.4 Å². The molecule has 0 spiro atoms. The van der Waals surface area contributed by atoms with Gasteiger partial charge in [-0.3, -0.25) is 4.57 Å². The average Bonchev–Trinajstić information content (AvgIpc) is 3.83. The first-order valence-corrected chi connectivity index (χ1v) is 22.8. The van der Waals surface area contributed by atoms with Crippen LogP contribution in [0.25, 0.3) is 117 Å². The third-order valence-electron chi connectivity index (χ3n) is 12.9. The van der Waals surface area contributed by atoms with E-state index in [1.54, 1.807) is 0 Å². The van der Waals surface area contributed by atoms with Gasteiger partial charge in [0.25, 0.3) is 0 Å². The molecule has 10 aromatic carbocycles. The van der Waals surface area contributed by atoms with E-state index in [1.165, 1.54) is 33.2 Å². The van der Waals surface area contributed by atoms with Gasteiger partial charge in [-0.1, -0.05) is 237 Å². The number of pyridine rings is 1. The average molecular weight is 854 g/mol. The Morgan fingerprint density at radius 1 is 0.269 bits per heavy atom. The van der Waals surface area contributed by atoms with Crippen LogP contribution in [0, 0.1) is 0 Å². The summed E-state index contributed by atoms with van der Waals surface area (Å²) in [6.45, 7) is 0. The molecule has 0 unspecified atom stereocenters. The van der Waals surface area contributed by atoms with Gasteiger partial charge in [-0.25, -0.2) is 9.97 Å². The molecule has 0 atom stereocenters. The zero-order chi connectivity index (χ0) is 44.5. The Morgan fingerprint density at radius 2 is 0.672 bits per heavy atom. The molecule has 0 aliphatic heterocycles. The molecule has 0 saturated carbocycles. The van der Waals surface area contributed by atoms with E-state index in [4.69, 9.17) is 9.97 Å². The van der Waals surface area contributed by atoms with Gasteiger partial charge in [0.05, 0.1) is 22.6 Å². The van der Waals surface area contributed by atoms with E-state index >= 15 is 0 Å². The van der Waals surface area contributed by atoms with Crippen LogP contribution < -0.4 is 0 Å². The number of hydrogen-bond acceptors (Lipinski definition) is 2. The SMILES string of the molecule is c1ccc(-c2ccc(-c3cc(-c4ccc(-n5c(-c6ccccc6)nc(-c6ccccc6)c5-c5ccccc5)cc4)c4cc(-c5ccc(-c6ccccc6)cc5)c5ccccc5c4n3)cc2)cc1. The molecule has 12 aromatic rings. The van der Waals surface area contributed by atoms with E-state index in [0.717, 1.165) is 83.8 Å². The number of rotatable bonds is 9. The summed E-state index contributed by atoms with van der Waals surface area (Å²) in [5.41, 5.74) is 18.5. The highest BCUT2D eigenvalue weighted by molar-refractivity contribution is 6.16. The van der Waals surface area contributed by atoms with E-state index in [2.05, 4.69) is 265 Å². The Bertz CT molecular complexity index is 3660. The van der Waals surface area contributed by atoms with Crippen molar-refractivity contribution < 1.29 is 0 Å². The maximum atomic E-state index is 5.53. The van der Waals surface area contributed by atoms with Crippen molar-refractivity contribution in [2.45, 2.75) is 0 Å². The van der Waals surface area contributed by atoms with Crippen LogP contribution in [0.1, 0.15) is 0 Å². The van der Waals surface area contributed by atoms with Crippen molar-refractivity contribution >= 4 is 21.7 Å². The van der Waals surface area contributed by atoms with E-state index in [0.29, 0.717) is 0 Å². The fraction of sp³-hybridized carbons (Fsp3) is 0. The van der Waals surface area contributed by atoms with Crippen LogP contribution in [0.3, 0.4) is 0 Å². The highest BCUT2D eigenvalue weighted by Crippen LogP contribution is 2.43. The van der Waals surface area contributed by atoms with Crippen LogP contribution in [0.4, 0.5) is 0 Å². The lowest BCUT2D eigenvalue weighted by Gasteiger charge is -2.17. The molecule has 0 radical (unpaired) electrons. The van der Waals surface area contributed by atoms with Gasteiger partial charge in [0.2, 0.25) is 0 Å². The summed E-state index contributed by atoms with van der Waals surface area (Å²) in [5.74, 6) is 0.885. The molecule has 0 saturated heterocycles. The third-order valence-corrected chi connectivity index (χ3v) is 12.9. The Morgan fingerprint density at radius 3 is 1.22 bits per heavy atom. The summed E-state index contributed by atoms with van der Waals surface area (Å²) in [7, 11) is 0. The van der Waals surface area contributed by atoms with Gasteiger partial charge in [-0.15, -0.1) is 0 Å². The summed E-state index contributed by atoms with van der Waals surface area (Å²) < 4.78 is 2.33. The third kappa shape index (κ3) is 7.49. The van der Waals surface area contributed by atoms with Crippen LogP contribution in [0.2, 0.25) is 0 Å². The van der Waals surface area contributed by atoms with E-state index in [-0.39, 0.29) is 0 Å². The second kappa shape index (κ2) is 17.2. The zero-order valence-electron chi connectivity index (χ0n) is 36.7. The van der Waals surface area contributed by atoms with Gasteiger partial charge in [0.15, 0.2) is 0 Å². The molecule has 3 nitrogen and oxygen atoms in total. The number of hydrogen-bond donors (Lipinski definition) is 0. The number of benzene rings is 10. The minimum atomic E-state index is 0.885. The largest absolute Gasteiger partial charge is 0.292 e. The molecular formula is C64H43N3. The molecule has 2 heterocycles. The minimum Gasteiger partial charge on any atom is -0.292 e. The first-order valence-electron chi connectivity index (χ1n) is 22.8.